The Bertz CT molecular complexity index is 490. The van der Waals surface area contributed by atoms with Gasteiger partial charge in [-0.15, -0.1) is 0 Å². The molecule has 0 unspecified atom stereocenters. The van der Waals surface area contributed by atoms with Gasteiger partial charge in [0, 0.05) is 5.71 Å². The molecule has 1 aromatic rings. The van der Waals surface area contributed by atoms with Crippen LogP contribution in [-0.4, -0.2) is 5.71 Å². The molecule has 0 aromatic heterocycles. The minimum absolute atomic E-state index is 0.957. The molecule has 0 aliphatic carbocycles. The molecule has 0 bridgehead atoms. The van der Waals surface area contributed by atoms with Gasteiger partial charge in [0.1, 0.15) is 0 Å². The van der Waals surface area contributed by atoms with E-state index in [9.17, 15) is 0 Å². The molecule has 1 nitrogen and oxygen atoms in total. The van der Waals surface area contributed by atoms with Gasteiger partial charge in [0.2, 0.25) is 0 Å². The van der Waals surface area contributed by atoms with Gasteiger partial charge in [-0.3, -0.25) is 4.99 Å². The molecule has 0 atom stereocenters. The quantitative estimate of drug-likeness (QED) is 0.611. The van der Waals surface area contributed by atoms with E-state index in [1.165, 1.54) is 16.7 Å². The molecule has 1 heteroatoms. The molecule has 0 saturated carbocycles. The maximum atomic E-state index is 4.65. The minimum Gasteiger partial charge on any atom is -0.253 e. The number of hydrogen-bond acceptors (Lipinski definition) is 1. The zero-order valence-corrected chi connectivity index (χ0v) is 10.1. The van der Waals surface area contributed by atoms with E-state index in [4.69, 9.17) is 0 Å². The smallest absolute Gasteiger partial charge is 0.0668 e. The van der Waals surface area contributed by atoms with E-state index in [1.54, 1.807) is 0 Å². The Morgan fingerprint density at radius 3 is 2.75 bits per heavy atom. The van der Waals surface area contributed by atoms with Gasteiger partial charge in [0.15, 0.2) is 0 Å². The number of aryl methyl sites for hydroxylation is 1. The number of allylic oxidation sites excluding steroid dienone is 4. The molecule has 0 amide bonds. The van der Waals surface area contributed by atoms with Gasteiger partial charge in [-0.2, -0.15) is 0 Å². The number of rotatable bonds is 0. The van der Waals surface area contributed by atoms with Crippen molar-refractivity contribution >= 4 is 11.4 Å². The summed E-state index contributed by atoms with van der Waals surface area (Å²) in [7, 11) is 0. The van der Waals surface area contributed by atoms with Crippen molar-refractivity contribution in [3.63, 3.8) is 0 Å². The molecule has 16 heavy (non-hydrogen) atoms. The molecule has 1 heterocycles. The summed E-state index contributed by atoms with van der Waals surface area (Å²) in [6.45, 7) is 6.28. The van der Waals surface area contributed by atoms with Crippen molar-refractivity contribution in [2.75, 3.05) is 0 Å². The maximum Gasteiger partial charge on any atom is 0.0668 e. The van der Waals surface area contributed by atoms with Crippen LogP contribution in [-0.2, 0) is 6.42 Å². The highest BCUT2D eigenvalue weighted by atomic mass is 14.7. The van der Waals surface area contributed by atoms with E-state index in [-0.39, 0.29) is 0 Å². The van der Waals surface area contributed by atoms with Crippen LogP contribution in [0.2, 0.25) is 0 Å². The zero-order chi connectivity index (χ0) is 11.5. The molecule has 2 rings (SSSR count). The fourth-order valence-electron chi connectivity index (χ4n) is 1.96. The average Bonchev–Trinajstić information content (AvgIpc) is 2.26. The predicted octanol–water partition coefficient (Wildman–Crippen LogP) is 4.15. The summed E-state index contributed by atoms with van der Waals surface area (Å²) in [6, 6.07) is 6.45. The standard InChI is InChI=1S/C15H17N/c1-11-5-4-6-14-10-12(2)7-8-15(14)16-13(3)9-11/h4-5,7-10H,6H2,1-3H3/b5-4-,11-9-,16-13+. The van der Waals surface area contributed by atoms with Crippen molar-refractivity contribution in [2.45, 2.75) is 27.2 Å². The van der Waals surface area contributed by atoms with Crippen molar-refractivity contribution in [1.82, 2.24) is 0 Å². The van der Waals surface area contributed by atoms with Gasteiger partial charge < -0.3 is 0 Å². The van der Waals surface area contributed by atoms with Crippen LogP contribution in [0.1, 0.15) is 25.0 Å². The number of nitrogens with zero attached hydrogens (tertiary/aromatic N) is 1. The average molecular weight is 211 g/mol. The lowest BCUT2D eigenvalue weighted by Crippen LogP contribution is -1.87. The Balaban J connectivity index is 2.53. The third-order valence-electron chi connectivity index (χ3n) is 2.69. The summed E-state index contributed by atoms with van der Waals surface area (Å²) < 4.78 is 0. The van der Waals surface area contributed by atoms with Gasteiger partial charge >= 0.3 is 0 Å². The maximum absolute atomic E-state index is 4.65. The number of hydrogen-bond donors (Lipinski definition) is 0. The molecule has 82 valence electrons. The second-order valence-electron chi connectivity index (χ2n) is 4.38. The molecule has 0 radical (unpaired) electrons. The topological polar surface area (TPSA) is 12.4 Å². The predicted molar refractivity (Wildman–Crippen MR) is 70.5 cm³/mol. The summed E-state index contributed by atoms with van der Waals surface area (Å²) in [5.41, 5.74) is 6.02. The Morgan fingerprint density at radius 2 is 1.94 bits per heavy atom. The van der Waals surface area contributed by atoms with E-state index >= 15 is 0 Å². The highest BCUT2D eigenvalue weighted by Crippen LogP contribution is 2.23. The number of aliphatic imine (C=N–C) groups is 1. The fraction of sp³-hybridized carbons (Fsp3) is 0.267. The molecule has 1 aliphatic rings. The minimum atomic E-state index is 0.957. The van der Waals surface area contributed by atoms with E-state index in [0.717, 1.165) is 17.8 Å². The van der Waals surface area contributed by atoms with Crippen molar-refractivity contribution in [3.8, 4) is 0 Å². The Labute approximate surface area is 97.2 Å². The van der Waals surface area contributed by atoms with E-state index in [1.807, 2.05) is 6.92 Å². The van der Waals surface area contributed by atoms with Crippen LogP contribution in [0.15, 0.2) is 47.0 Å². The summed E-state index contributed by atoms with van der Waals surface area (Å²) in [4.78, 5) is 4.65. The first-order chi connectivity index (χ1) is 7.65. The van der Waals surface area contributed by atoms with Crippen LogP contribution in [0.25, 0.3) is 0 Å². The van der Waals surface area contributed by atoms with Crippen LogP contribution in [0.4, 0.5) is 5.69 Å². The highest BCUT2D eigenvalue weighted by molar-refractivity contribution is 5.95. The molecular formula is C15H17N. The molecule has 0 N–H and O–H groups in total. The SMILES string of the molecule is CC1=C/C(C)=N/c2ccc(C)cc2C/C=C\1. The largest absolute Gasteiger partial charge is 0.253 e. The van der Waals surface area contributed by atoms with Gasteiger partial charge in [-0.1, -0.05) is 29.8 Å². The second-order valence-corrected chi connectivity index (χ2v) is 4.38. The van der Waals surface area contributed by atoms with Crippen molar-refractivity contribution in [1.29, 1.82) is 0 Å². The summed E-state index contributed by atoms with van der Waals surface area (Å²) in [5, 5.41) is 0. The molecule has 0 fully saturated rings. The third kappa shape index (κ3) is 2.48. The van der Waals surface area contributed by atoms with E-state index < -0.39 is 0 Å². The first-order valence-corrected chi connectivity index (χ1v) is 5.65. The van der Waals surface area contributed by atoms with Gasteiger partial charge in [-0.05, 0) is 50.5 Å². The van der Waals surface area contributed by atoms with Gasteiger partial charge in [0.25, 0.3) is 0 Å². The molecule has 0 saturated heterocycles. The first kappa shape index (κ1) is 10.9. The lowest BCUT2D eigenvalue weighted by atomic mass is 10.1. The molecule has 1 aliphatic heterocycles. The molecule has 0 spiro atoms. The summed E-state index contributed by atoms with van der Waals surface area (Å²) >= 11 is 0. The van der Waals surface area contributed by atoms with Crippen molar-refractivity contribution in [3.05, 3.63) is 53.1 Å². The molecular weight excluding hydrogens is 194 g/mol. The lowest BCUT2D eigenvalue weighted by Gasteiger charge is -2.04. The van der Waals surface area contributed by atoms with Crippen LogP contribution in [0.5, 0.6) is 0 Å². The first-order valence-electron chi connectivity index (χ1n) is 5.65. The van der Waals surface area contributed by atoms with Crippen LogP contribution in [0.3, 0.4) is 0 Å². The van der Waals surface area contributed by atoms with Crippen LogP contribution in [0, 0.1) is 6.92 Å². The van der Waals surface area contributed by atoms with E-state index in [2.05, 4.69) is 55.3 Å². The second kappa shape index (κ2) is 4.48. The Hall–Kier alpha value is -1.63. The molecule has 1 aromatic carbocycles. The zero-order valence-electron chi connectivity index (χ0n) is 10.1. The number of benzene rings is 1. The fourth-order valence-corrected chi connectivity index (χ4v) is 1.96. The highest BCUT2D eigenvalue weighted by Gasteiger charge is 2.02. The van der Waals surface area contributed by atoms with Crippen molar-refractivity contribution < 1.29 is 0 Å². The normalized spacial score (nSPS) is 23.9. The Kier molecular flexibility index (Phi) is 3.04. The van der Waals surface area contributed by atoms with Crippen LogP contribution < -0.4 is 0 Å². The van der Waals surface area contributed by atoms with Crippen LogP contribution >= 0.6 is 0 Å². The number of fused-ring (bicyclic) bond motifs is 1. The third-order valence-corrected chi connectivity index (χ3v) is 2.69. The van der Waals surface area contributed by atoms with Gasteiger partial charge in [-0.25, -0.2) is 0 Å². The van der Waals surface area contributed by atoms with Crippen molar-refractivity contribution in [2.24, 2.45) is 4.99 Å². The summed E-state index contributed by atoms with van der Waals surface area (Å²) in [5.74, 6) is 0. The lowest BCUT2D eigenvalue weighted by molar-refractivity contribution is 1.23. The Morgan fingerprint density at radius 1 is 1.12 bits per heavy atom. The summed E-state index contributed by atoms with van der Waals surface area (Å²) in [6.07, 6.45) is 7.44. The van der Waals surface area contributed by atoms with E-state index in [0.29, 0.717) is 0 Å². The van der Waals surface area contributed by atoms with Gasteiger partial charge in [0.05, 0.1) is 5.69 Å². The monoisotopic (exact) mass is 211 g/mol.